The second-order valence-electron chi connectivity index (χ2n) is 3.13. The summed E-state index contributed by atoms with van der Waals surface area (Å²) in [5.41, 5.74) is 0.620. The van der Waals surface area contributed by atoms with Gasteiger partial charge in [0.15, 0.2) is 0 Å². The van der Waals surface area contributed by atoms with Crippen LogP contribution in [0.15, 0.2) is 4.79 Å². The number of carbonyl (C=O) groups excluding carboxylic acids is 1. The van der Waals surface area contributed by atoms with Crippen molar-refractivity contribution < 1.29 is 9.53 Å². The molecule has 0 aliphatic heterocycles. The van der Waals surface area contributed by atoms with Crippen LogP contribution < -0.4 is 5.69 Å². The summed E-state index contributed by atoms with van der Waals surface area (Å²) in [6.45, 7) is 0. The van der Waals surface area contributed by atoms with E-state index in [4.69, 9.17) is 0 Å². The number of carbonyl (C=O) groups is 1. The molecule has 0 atom stereocenters. The number of H-pyrrole nitrogens is 2. The zero-order valence-corrected chi connectivity index (χ0v) is 7.22. The molecule has 0 radical (unpaired) electrons. The van der Waals surface area contributed by atoms with Gasteiger partial charge in [-0.25, -0.2) is 9.59 Å². The van der Waals surface area contributed by atoms with E-state index in [1.54, 1.807) is 0 Å². The van der Waals surface area contributed by atoms with Gasteiger partial charge >= 0.3 is 11.7 Å². The summed E-state index contributed by atoms with van der Waals surface area (Å²) in [7, 11) is 1.30. The van der Waals surface area contributed by atoms with Crippen molar-refractivity contribution >= 4 is 5.97 Å². The Kier molecular flexibility index (Phi) is 1.72. The van der Waals surface area contributed by atoms with E-state index in [1.807, 2.05) is 0 Å². The molecule has 5 nitrogen and oxygen atoms in total. The Morgan fingerprint density at radius 3 is 2.69 bits per heavy atom. The highest BCUT2D eigenvalue weighted by Gasteiger charge is 2.30. The Morgan fingerprint density at radius 2 is 2.15 bits per heavy atom. The van der Waals surface area contributed by atoms with Crippen LogP contribution in [-0.2, 0) is 4.74 Å². The maximum atomic E-state index is 11.2. The third-order valence-electron chi connectivity index (χ3n) is 2.13. The molecule has 2 N–H and O–H groups in total. The molecule has 5 heteroatoms. The van der Waals surface area contributed by atoms with Crippen molar-refractivity contribution in [1.82, 2.24) is 9.97 Å². The highest BCUT2D eigenvalue weighted by atomic mass is 16.5. The van der Waals surface area contributed by atoms with Crippen LogP contribution in [0.5, 0.6) is 0 Å². The molecule has 70 valence electrons. The molecule has 1 fully saturated rings. The maximum absolute atomic E-state index is 11.2. The number of nitrogens with one attached hydrogen (secondary N) is 2. The van der Waals surface area contributed by atoms with Crippen LogP contribution >= 0.6 is 0 Å². The molecule has 1 aromatic rings. The van der Waals surface area contributed by atoms with Crippen molar-refractivity contribution in [1.29, 1.82) is 0 Å². The Labute approximate surface area is 74.1 Å². The average molecular weight is 182 g/mol. The zero-order chi connectivity index (χ0) is 9.42. The summed E-state index contributed by atoms with van der Waals surface area (Å²) in [6, 6.07) is 0. The van der Waals surface area contributed by atoms with Crippen molar-refractivity contribution in [2.24, 2.45) is 0 Å². The second-order valence-corrected chi connectivity index (χ2v) is 3.13. The number of esters is 1. The van der Waals surface area contributed by atoms with E-state index in [-0.39, 0.29) is 11.4 Å². The van der Waals surface area contributed by atoms with E-state index in [1.165, 1.54) is 7.11 Å². The number of aromatic amines is 2. The highest BCUT2D eigenvalue weighted by molar-refractivity contribution is 5.88. The summed E-state index contributed by atoms with van der Waals surface area (Å²) >= 11 is 0. The normalized spacial score (nSPS) is 15.8. The van der Waals surface area contributed by atoms with Crippen molar-refractivity contribution in [2.45, 2.75) is 18.8 Å². The van der Waals surface area contributed by atoms with Crippen LogP contribution in [0.2, 0.25) is 0 Å². The minimum atomic E-state index is -0.486. The first-order chi connectivity index (χ1) is 6.22. The maximum Gasteiger partial charge on any atom is 0.356 e. The lowest BCUT2D eigenvalue weighted by molar-refractivity contribution is 0.0593. The van der Waals surface area contributed by atoms with Gasteiger partial charge < -0.3 is 9.72 Å². The van der Waals surface area contributed by atoms with Gasteiger partial charge in [-0.1, -0.05) is 0 Å². The molecule has 2 rings (SSSR count). The first-order valence-electron chi connectivity index (χ1n) is 4.13. The van der Waals surface area contributed by atoms with Crippen molar-refractivity contribution in [3.05, 3.63) is 21.9 Å². The predicted octanol–water partition coefficient (Wildman–Crippen LogP) is 0.367. The van der Waals surface area contributed by atoms with Crippen LogP contribution in [0.1, 0.15) is 34.9 Å². The van der Waals surface area contributed by atoms with Crippen molar-refractivity contribution in [3.8, 4) is 0 Å². The van der Waals surface area contributed by atoms with Gasteiger partial charge in [-0.2, -0.15) is 0 Å². The lowest BCUT2D eigenvalue weighted by Crippen LogP contribution is -2.06. The van der Waals surface area contributed by atoms with Gasteiger partial charge in [0.25, 0.3) is 0 Å². The van der Waals surface area contributed by atoms with E-state index >= 15 is 0 Å². The molecule has 1 saturated carbocycles. The van der Waals surface area contributed by atoms with Crippen LogP contribution in [0.4, 0.5) is 0 Å². The molecule has 13 heavy (non-hydrogen) atoms. The molecular formula is C8H10N2O3. The van der Waals surface area contributed by atoms with Gasteiger partial charge in [0, 0.05) is 5.92 Å². The van der Waals surface area contributed by atoms with Crippen molar-refractivity contribution in [2.75, 3.05) is 7.11 Å². The fourth-order valence-electron chi connectivity index (χ4n) is 1.34. The second kappa shape index (κ2) is 2.76. The summed E-state index contributed by atoms with van der Waals surface area (Å²) in [6.07, 6.45) is 2.05. The molecule has 0 unspecified atom stereocenters. The fraction of sp³-hybridized carbons (Fsp3) is 0.500. The molecule has 1 aromatic heterocycles. The van der Waals surface area contributed by atoms with E-state index in [0.29, 0.717) is 11.6 Å². The molecule has 0 bridgehead atoms. The number of imidazole rings is 1. The van der Waals surface area contributed by atoms with Gasteiger partial charge in [0.1, 0.15) is 5.69 Å². The Morgan fingerprint density at radius 1 is 1.46 bits per heavy atom. The average Bonchev–Trinajstić information content (AvgIpc) is 2.89. The molecule has 0 saturated heterocycles. The summed E-state index contributed by atoms with van der Waals surface area (Å²) in [5, 5.41) is 0. The quantitative estimate of drug-likeness (QED) is 0.649. The van der Waals surface area contributed by atoms with E-state index in [9.17, 15) is 9.59 Å². The Balaban J connectivity index is 2.42. The number of hydrogen-bond acceptors (Lipinski definition) is 3. The van der Waals surface area contributed by atoms with Crippen LogP contribution in [0, 0.1) is 0 Å². The van der Waals surface area contributed by atoms with Gasteiger partial charge in [-0.3, -0.25) is 4.98 Å². The largest absolute Gasteiger partial charge is 0.464 e. The monoisotopic (exact) mass is 182 g/mol. The third kappa shape index (κ3) is 1.37. The predicted molar refractivity (Wildman–Crippen MR) is 44.7 cm³/mol. The smallest absolute Gasteiger partial charge is 0.356 e. The molecule has 1 heterocycles. The number of aromatic nitrogens is 2. The van der Waals surface area contributed by atoms with Gasteiger partial charge in [-0.05, 0) is 12.8 Å². The summed E-state index contributed by atoms with van der Waals surface area (Å²) in [5.74, 6) is -0.159. The standard InChI is InChI=1S/C8H10N2O3/c1-13-7(11)6-5(4-2-3-4)9-8(12)10-6/h4H,2-3H2,1H3,(H2,9,10,12). The first kappa shape index (κ1) is 8.10. The molecule has 0 spiro atoms. The minimum absolute atomic E-state index is 0.273. The van der Waals surface area contributed by atoms with Crippen LogP contribution in [-0.4, -0.2) is 23.0 Å². The van der Waals surface area contributed by atoms with Gasteiger partial charge in [0.05, 0.1) is 12.8 Å². The lowest BCUT2D eigenvalue weighted by Gasteiger charge is -1.97. The molecule has 0 aromatic carbocycles. The fourth-order valence-corrected chi connectivity index (χ4v) is 1.34. The van der Waals surface area contributed by atoms with Crippen molar-refractivity contribution in [3.63, 3.8) is 0 Å². The topological polar surface area (TPSA) is 75.0 Å². The van der Waals surface area contributed by atoms with Crippen LogP contribution in [0.25, 0.3) is 0 Å². The third-order valence-corrected chi connectivity index (χ3v) is 2.13. The Hall–Kier alpha value is -1.52. The number of rotatable bonds is 2. The summed E-state index contributed by atoms with van der Waals surface area (Å²) in [4.78, 5) is 27.2. The highest BCUT2D eigenvalue weighted by Crippen LogP contribution is 2.39. The van der Waals surface area contributed by atoms with Crippen LogP contribution in [0.3, 0.4) is 0 Å². The van der Waals surface area contributed by atoms with Gasteiger partial charge in [0.2, 0.25) is 0 Å². The van der Waals surface area contributed by atoms with Gasteiger partial charge in [-0.15, -0.1) is 0 Å². The van der Waals surface area contributed by atoms with E-state index < -0.39 is 5.97 Å². The molecular weight excluding hydrogens is 172 g/mol. The minimum Gasteiger partial charge on any atom is -0.464 e. The molecule has 1 aliphatic carbocycles. The lowest BCUT2D eigenvalue weighted by atomic mass is 10.2. The number of methoxy groups -OCH3 is 1. The number of hydrogen-bond donors (Lipinski definition) is 2. The number of ether oxygens (including phenoxy) is 1. The molecule has 1 aliphatic rings. The Bertz CT molecular complexity index is 386. The zero-order valence-electron chi connectivity index (χ0n) is 7.22. The SMILES string of the molecule is COC(=O)c1[nH]c(=O)[nH]c1C1CC1. The first-order valence-corrected chi connectivity index (χ1v) is 4.13. The van der Waals surface area contributed by atoms with E-state index in [2.05, 4.69) is 14.7 Å². The molecule has 0 amide bonds. The van der Waals surface area contributed by atoms with E-state index in [0.717, 1.165) is 12.8 Å². The summed E-state index contributed by atoms with van der Waals surface area (Å²) < 4.78 is 4.54.